The summed E-state index contributed by atoms with van der Waals surface area (Å²) in [6, 6.07) is 15.0. The smallest absolute Gasteiger partial charge is 0.259 e. The third kappa shape index (κ3) is 4.16. The van der Waals surface area contributed by atoms with E-state index in [9.17, 15) is 9.00 Å². The zero-order chi connectivity index (χ0) is 20.3. The molecule has 0 bridgehead atoms. The minimum atomic E-state index is -2.12. The number of anilines is 1. The third-order valence-electron chi connectivity index (χ3n) is 4.45. The molecule has 3 aromatic rings. The number of nitrogens with one attached hydrogen (secondary N) is 1. The van der Waals surface area contributed by atoms with Crippen LogP contribution in [-0.2, 0) is 11.3 Å². The number of Topliss-reactive ketones (excluding diaryl/α,β-unsaturated/α-hetero) is 1. The first-order chi connectivity index (χ1) is 13.4. The van der Waals surface area contributed by atoms with Crippen LogP contribution in [0.25, 0.3) is 21.6 Å². The molecule has 1 aromatic heterocycles. The second kappa shape index (κ2) is 8.68. The molecule has 0 aliphatic rings. The zero-order valence-electron chi connectivity index (χ0n) is 15.8. The Labute approximate surface area is 170 Å². The number of thiophene rings is 1. The van der Waals surface area contributed by atoms with Crippen LogP contribution in [0.15, 0.2) is 48.5 Å². The van der Waals surface area contributed by atoms with Gasteiger partial charge in [0, 0.05) is 22.5 Å². The van der Waals surface area contributed by atoms with Gasteiger partial charge < -0.3 is 4.74 Å². The standard InChI is InChI=1S/C21H21NO4S2/c1-4-18(23)21-19(14-5-9-16(10-6-14)22-28(24)25)13(2)20(27-21)15-7-11-17(26-3)12-8-15/h5-12,22H,4H2,1-3H3,(H,24,25). The van der Waals surface area contributed by atoms with Gasteiger partial charge in [-0.25, -0.2) is 4.21 Å². The number of hydrogen-bond donors (Lipinski definition) is 2. The Morgan fingerprint density at radius 2 is 1.71 bits per heavy atom. The summed E-state index contributed by atoms with van der Waals surface area (Å²) in [5.41, 5.74) is 4.43. The molecule has 5 nitrogen and oxygen atoms in total. The quantitative estimate of drug-likeness (QED) is 0.392. The highest BCUT2D eigenvalue weighted by molar-refractivity contribution is 7.80. The van der Waals surface area contributed by atoms with Crippen LogP contribution in [-0.4, -0.2) is 21.7 Å². The average molecular weight is 416 g/mol. The largest absolute Gasteiger partial charge is 0.497 e. The van der Waals surface area contributed by atoms with Gasteiger partial charge in [0.25, 0.3) is 11.3 Å². The van der Waals surface area contributed by atoms with E-state index in [2.05, 4.69) is 4.72 Å². The van der Waals surface area contributed by atoms with Crippen molar-refractivity contribution < 1.29 is 18.3 Å². The highest BCUT2D eigenvalue weighted by Gasteiger charge is 2.21. The van der Waals surface area contributed by atoms with Gasteiger partial charge in [0.05, 0.1) is 12.0 Å². The van der Waals surface area contributed by atoms with E-state index in [1.54, 1.807) is 19.2 Å². The second-order valence-electron chi connectivity index (χ2n) is 6.19. The summed E-state index contributed by atoms with van der Waals surface area (Å²) in [5.74, 6) is 0.883. The highest BCUT2D eigenvalue weighted by Crippen LogP contribution is 2.43. The van der Waals surface area contributed by atoms with Crippen molar-refractivity contribution in [1.29, 1.82) is 0 Å². The van der Waals surface area contributed by atoms with E-state index in [1.165, 1.54) is 11.3 Å². The fourth-order valence-corrected chi connectivity index (χ4v) is 4.72. The molecule has 3 rings (SSSR count). The van der Waals surface area contributed by atoms with Gasteiger partial charge in [-0.05, 0) is 60.0 Å². The molecule has 0 amide bonds. The Morgan fingerprint density at radius 3 is 2.25 bits per heavy atom. The van der Waals surface area contributed by atoms with E-state index >= 15 is 0 Å². The number of benzene rings is 2. The molecule has 0 aliphatic heterocycles. The molecular weight excluding hydrogens is 394 g/mol. The summed E-state index contributed by atoms with van der Waals surface area (Å²) >= 11 is -0.621. The summed E-state index contributed by atoms with van der Waals surface area (Å²) in [6.45, 7) is 3.88. The molecule has 0 aliphatic carbocycles. The predicted octanol–water partition coefficient (Wildman–Crippen LogP) is 5.54. The molecule has 28 heavy (non-hydrogen) atoms. The molecule has 0 saturated carbocycles. The van der Waals surface area contributed by atoms with E-state index in [1.807, 2.05) is 50.2 Å². The summed E-state index contributed by atoms with van der Waals surface area (Å²) in [6.07, 6.45) is 0.429. The lowest BCUT2D eigenvalue weighted by atomic mass is 9.97. The third-order valence-corrected chi connectivity index (χ3v) is 6.24. The van der Waals surface area contributed by atoms with Crippen LogP contribution in [0.3, 0.4) is 0 Å². The number of hydrogen-bond acceptors (Lipinski definition) is 4. The van der Waals surface area contributed by atoms with Gasteiger partial charge in [0.15, 0.2) is 5.78 Å². The molecule has 146 valence electrons. The first kappa shape index (κ1) is 20.3. The molecule has 1 unspecified atom stereocenters. The Kier molecular flexibility index (Phi) is 6.28. The van der Waals surface area contributed by atoms with E-state index in [-0.39, 0.29) is 5.78 Å². The summed E-state index contributed by atoms with van der Waals surface area (Å²) < 4.78 is 27.5. The van der Waals surface area contributed by atoms with Crippen molar-refractivity contribution >= 4 is 34.1 Å². The van der Waals surface area contributed by atoms with E-state index in [0.29, 0.717) is 12.1 Å². The Morgan fingerprint density at radius 1 is 1.11 bits per heavy atom. The first-order valence-corrected chi connectivity index (χ1v) is 10.7. The molecule has 0 radical (unpaired) electrons. The number of rotatable bonds is 7. The lowest BCUT2D eigenvalue weighted by Gasteiger charge is -2.07. The Bertz CT molecular complexity index is 1010. The molecule has 1 atom stereocenters. The van der Waals surface area contributed by atoms with Crippen molar-refractivity contribution in [2.24, 2.45) is 0 Å². The fourth-order valence-electron chi connectivity index (χ4n) is 3.04. The maximum atomic E-state index is 12.6. The van der Waals surface area contributed by atoms with E-state index < -0.39 is 11.3 Å². The summed E-state index contributed by atoms with van der Waals surface area (Å²) in [5, 5.41) is 0. The van der Waals surface area contributed by atoms with Crippen molar-refractivity contribution in [3.8, 4) is 27.3 Å². The molecular formula is C21H21NO4S2. The van der Waals surface area contributed by atoms with Crippen LogP contribution in [0.2, 0.25) is 0 Å². The molecule has 0 spiro atoms. The molecule has 2 aromatic carbocycles. The normalized spacial score (nSPS) is 11.9. The molecule has 1 heterocycles. The van der Waals surface area contributed by atoms with E-state index in [0.717, 1.165) is 37.8 Å². The SMILES string of the molecule is CCC(=O)c1sc(-c2ccc(OC)cc2)c(C)c1-c1ccc(NS(=O)O)cc1. The fraction of sp³-hybridized carbons (Fsp3) is 0.190. The van der Waals surface area contributed by atoms with Crippen LogP contribution in [0, 0.1) is 6.92 Å². The number of ketones is 1. The van der Waals surface area contributed by atoms with Crippen LogP contribution in [0.5, 0.6) is 5.75 Å². The molecule has 0 fully saturated rings. The lowest BCUT2D eigenvalue weighted by molar-refractivity contribution is 0.0992. The van der Waals surface area contributed by atoms with E-state index in [4.69, 9.17) is 9.29 Å². The molecule has 2 N–H and O–H groups in total. The van der Waals surface area contributed by atoms with Gasteiger partial charge in [-0.1, -0.05) is 19.1 Å². The van der Waals surface area contributed by atoms with Crippen molar-refractivity contribution in [3.05, 3.63) is 59.0 Å². The second-order valence-corrected chi connectivity index (χ2v) is 7.92. The van der Waals surface area contributed by atoms with Gasteiger partial charge >= 0.3 is 0 Å². The number of ether oxygens (including phenoxy) is 1. The Balaban J connectivity index is 2.09. The van der Waals surface area contributed by atoms with Crippen molar-refractivity contribution in [2.45, 2.75) is 20.3 Å². The summed E-state index contributed by atoms with van der Waals surface area (Å²) in [4.78, 5) is 14.4. The number of carbonyl (C=O) groups is 1. The minimum absolute atomic E-state index is 0.0986. The molecule has 7 heteroatoms. The topological polar surface area (TPSA) is 75.6 Å². The van der Waals surface area contributed by atoms with Crippen LogP contribution in [0.4, 0.5) is 5.69 Å². The van der Waals surface area contributed by atoms with Gasteiger partial charge in [-0.15, -0.1) is 11.3 Å². The number of carbonyl (C=O) groups excluding carboxylic acids is 1. The van der Waals surface area contributed by atoms with Gasteiger partial charge in [-0.3, -0.25) is 14.1 Å². The Hall–Kier alpha value is -2.48. The van der Waals surface area contributed by atoms with Crippen molar-refractivity contribution in [1.82, 2.24) is 0 Å². The van der Waals surface area contributed by atoms with Crippen LogP contribution in [0.1, 0.15) is 28.6 Å². The zero-order valence-corrected chi connectivity index (χ0v) is 17.4. The van der Waals surface area contributed by atoms with Gasteiger partial charge in [0.1, 0.15) is 5.75 Å². The van der Waals surface area contributed by atoms with Crippen LogP contribution < -0.4 is 9.46 Å². The van der Waals surface area contributed by atoms with Crippen LogP contribution >= 0.6 is 11.3 Å². The molecule has 0 saturated heterocycles. The lowest BCUT2D eigenvalue weighted by Crippen LogP contribution is -2.01. The monoisotopic (exact) mass is 415 g/mol. The first-order valence-electron chi connectivity index (χ1n) is 8.73. The van der Waals surface area contributed by atoms with Gasteiger partial charge in [-0.2, -0.15) is 0 Å². The maximum Gasteiger partial charge on any atom is 0.259 e. The van der Waals surface area contributed by atoms with Crippen molar-refractivity contribution in [3.63, 3.8) is 0 Å². The van der Waals surface area contributed by atoms with Crippen molar-refractivity contribution in [2.75, 3.05) is 11.8 Å². The highest BCUT2D eigenvalue weighted by atomic mass is 32.2. The number of methoxy groups -OCH3 is 1. The average Bonchev–Trinajstić information content (AvgIpc) is 3.05. The predicted molar refractivity (Wildman–Crippen MR) is 115 cm³/mol. The van der Waals surface area contributed by atoms with Gasteiger partial charge in [0.2, 0.25) is 0 Å². The summed E-state index contributed by atoms with van der Waals surface area (Å²) in [7, 11) is 1.63. The minimum Gasteiger partial charge on any atom is -0.497 e. The maximum absolute atomic E-state index is 12.6.